The lowest BCUT2D eigenvalue weighted by atomic mass is 10.0. The summed E-state index contributed by atoms with van der Waals surface area (Å²) in [5.41, 5.74) is 0.570. The first-order valence-corrected chi connectivity index (χ1v) is 8.13. The van der Waals surface area contributed by atoms with Gasteiger partial charge in [-0.05, 0) is 31.9 Å². The molecule has 110 valence electrons. The topological polar surface area (TPSA) is 40.5 Å². The molecule has 0 saturated heterocycles. The first kappa shape index (κ1) is 15.4. The molecule has 0 spiro atoms. The summed E-state index contributed by atoms with van der Waals surface area (Å²) < 4.78 is 0. The monoisotopic (exact) mass is 293 g/mol. The second-order valence-electron chi connectivity index (χ2n) is 5.78. The second kappa shape index (κ2) is 6.64. The van der Waals surface area contributed by atoms with Crippen LogP contribution in [0.25, 0.3) is 0 Å². The number of hydrogen-bond acceptors (Lipinski definition) is 3. The van der Waals surface area contributed by atoms with Gasteiger partial charge in [-0.3, -0.25) is 4.79 Å². The molecular weight excluding hydrogens is 270 g/mol. The van der Waals surface area contributed by atoms with Gasteiger partial charge in [0.1, 0.15) is 0 Å². The molecule has 1 aromatic carbocycles. The number of likely N-dealkylation sites (N-methyl/N-ethyl adjacent to an activating group) is 1. The van der Waals surface area contributed by atoms with Crippen molar-refractivity contribution in [3.8, 4) is 0 Å². The van der Waals surface area contributed by atoms with Crippen LogP contribution in [0.15, 0.2) is 29.2 Å². The van der Waals surface area contributed by atoms with Crippen LogP contribution in [-0.4, -0.2) is 40.9 Å². The van der Waals surface area contributed by atoms with Crippen molar-refractivity contribution in [2.45, 2.75) is 43.1 Å². The van der Waals surface area contributed by atoms with Crippen LogP contribution in [0.1, 0.15) is 31.2 Å². The normalized spacial score (nSPS) is 17.1. The highest BCUT2D eigenvalue weighted by molar-refractivity contribution is 8.00. The standard InChI is InChI=1S/C16H23NO2S/c1-13-5-7-14(8-6-13)20-11-15(18)17(2)12-16(19)9-3-4-10-16/h5-8,19H,3-4,9-12H2,1-2H3. The van der Waals surface area contributed by atoms with E-state index in [1.807, 2.05) is 12.1 Å². The van der Waals surface area contributed by atoms with E-state index in [1.165, 1.54) is 5.56 Å². The van der Waals surface area contributed by atoms with E-state index in [0.29, 0.717) is 12.3 Å². The Kier molecular flexibility index (Phi) is 5.11. The number of carbonyl (C=O) groups is 1. The van der Waals surface area contributed by atoms with Crippen molar-refractivity contribution in [2.24, 2.45) is 0 Å². The molecule has 2 rings (SSSR count). The number of aliphatic hydroxyl groups is 1. The van der Waals surface area contributed by atoms with Gasteiger partial charge in [0.05, 0.1) is 11.4 Å². The molecule has 0 unspecified atom stereocenters. The minimum atomic E-state index is -0.654. The van der Waals surface area contributed by atoms with Crippen molar-refractivity contribution in [3.05, 3.63) is 29.8 Å². The van der Waals surface area contributed by atoms with Gasteiger partial charge in [0.25, 0.3) is 0 Å². The number of benzene rings is 1. The Morgan fingerprint density at radius 2 is 1.90 bits per heavy atom. The van der Waals surface area contributed by atoms with Crippen molar-refractivity contribution in [2.75, 3.05) is 19.3 Å². The van der Waals surface area contributed by atoms with Crippen LogP contribution < -0.4 is 0 Å². The van der Waals surface area contributed by atoms with Crippen LogP contribution in [0.4, 0.5) is 0 Å². The summed E-state index contributed by atoms with van der Waals surface area (Å²) in [6.45, 7) is 2.51. The predicted octanol–water partition coefficient (Wildman–Crippen LogP) is 2.85. The minimum absolute atomic E-state index is 0.0795. The molecular formula is C16H23NO2S. The van der Waals surface area contributed by atoms with Crippen molar-refractivity contribution in [3.63, 3.8) is 0 Å². The predicted molar refractivity (Wildman–Crippen MR) is 83.0 cm³/mol. The van der Waals surface area contributed by atoms with Crippen molar-refractivity contribution in [1.29, 1.82) is 0 Å². The van der Waals surface area contributed by atoms with Gasteiger partial charge in [0.15, 0.2) is 0 Å². The summed E-state index contributed by atoms with van der Waals surface area (Å²) in [6.07, 6.45) is 3.76. The zero-order valence-corrected chi connectivity index (χ0v) is 13.1. The first-order chi connectivity index (χ1) is 9.48. The second-order valence-corrected chi connectivity index (χ2v) is 6.83. The van der Waals surface area contributed by atoms with Crippen molar-refractivity contribution >= 4 is 17.7 Å². The summed E-state index contributed by atoms with van der Waals surface area (Å²) in [6, 6.07) is 8.19. The van der Waals surface area contributed by atoms with Crippen LogP contribution >= 0.6 is 11.8 Å². The number of amides is 1. The van der Waals surface area contributed by atoms with Gasteiger partial charge in [0, 0.05) is 18.5 Å². The SMILES string of the molecule is Cc1ccc(SCC(=O)N(C)CC2(O)CCCC2)cc1. The quantitative estimate of drug-likeness (QED) is 0.849. The Morgan fingerprint density at radius 3 is 2.50 bits per heavy atom. The summed E-state index contributed by atoms with van der Waals surface area (Å²) in [4.78, 5) is 14.9. The maximum Gasteiger partial charge on any atom is 0.232 e. The molecule has 1 N–H and O–H groups in total. The Morgan fingerprint density at radius 1 is 1.30 bits per heavy atom. The number of rotatable bonds is 5. The lowest BCUT2D eigenvalue weighted by Crippen LogP contribution is -2.42. The van der Waals surface area contributed by atoms with E-state index >= 15 is 0 Å². The van der Waals surface area contributed by atoms with Crippen molar-refractivity contribution in [1.82, 2.24) is 4.90 Å². The van der Waals surface area contributed by atoms with Gasteiger partial charge in [0.2, 0.25) is 5.91 Å². The molecule has 0 bridgehead atoms. The van der Waals surface area contributed by atoms with E-state index in [0.717, 1.165) is 30.6 Å². The lowest BCUT2D eigenvalue weighted by molar-refractivity contribution is -0.130. The minimum Gasteiger partial charge on any atom is -0.388 e. The molecule has 4 heteroatoms. The number of hydrogen-bond donors (Lipinski definition) is 1. The maximum absolute atomic E-state index is 12.1. The van der Waals surface area contributed by atoms with E-state index in [9.17, 15) is 9.90 Å². The Hall–Kier alpha value is -1.00. The molecule has 0 atom stereocenters. The summed E-state index contributed by atoms with van der Waals surface area (Å²) in [5.74, 6) is 0.506. The van der Waals surface area contributed by atoms with Gasteiger partial charge in [-0.1, -0.05) is 30.5 Å². The smallest absolute Gasteiger partial charge is 0.232 e. The number of aryl methyl sites for hydroxylation is 1. The lowest BCUT2D eigenvalue weighted by Gasteiger charge is -2.28. The van der Waals surface area contributed by atoms with Gasteiger partial charge < -0.3 is 10.0 Å². The van der Waals surface area contributed by atoms with Crippen LogP contribution in [0.5, 0.6) is 0 Å². The number of thioether (sulfide) groups is 1. The molecule has 3 nitrogen and oxygen atoms in total. The molecule has 1 saturated carbocycles. The van der Waals surface area contributed by atoms with Crippen molar-refractivity contribution < 1.29 is 9.90 Å². The van der Waals surface area contributed by atoms with E-state index < -0.39 is 5.60 Å². The largest absolute Gasteiger partial charge is 0.388 e. The summed E-state index contributed by atoms with van der Waals surface area (Å²) in [7, 11) is 1.79. The number of carbonyl (C=O) groups excluding carboxylic acids is 1. The highest BCUT2D eigenvalue weighted by Crippen LogP contribution is 2.30. The summed E-state index contributed by atoms with van der Waals surface area (Å²) >= 11 is 1.55. The fourth-order valence-corrected chi connectivity index (χ4v) is 3.45. The first-order valence-electron chi connectivity index (χ1n) is 7.14. The van der Waals surface area contributed by atoms with E-state index in [-0.39, 0.29) is 5.91 Å². The third-order valence-electron chi connectivity index (χ3n) is 3.87. The molecule has 0 aromatic heterocycles. The third-order valence-corrected chi connectivity index (χ3v) is 4.87. The third kappa shape index (κ3) is 4.25. The summed E-state index contributed by atoms with van der Waals surface area (Å²) in [5, 5.41) is 10.3. The van der Waals surface area contributed by atoms with Crippen LogP contribution in [0, 0.1) is 6.92 Å². The molecule has 1 fully saturated rings. The highest BCUT2D eigenvalue weighted by atomic mass is 32.2. The Labute approximate surface area is 125 Å². The van der Waals surface area contributed by atoms with Crippen LogP contribution in [-0.2, 0) is 4.79 Å². The molecule has 1 aliphatic rings. The average Bonchev–Trinajstić information content (AvgIpc) is 2.84. The maximum atomic E-state index is 12.1. The molecule has 0 aliphatic heterocycles. The Balaban J connectivity index is 1.80. The fraction of sp³-hybridized carbons (Fsp3) is 0.562. The van der Waals surface area contributed by atoms with Gasteiger partial charge in [-0.2, -0.15) is 0 Å². The van der Waals surface area contributed by atoms with Crippen LogP contribution in [0.3, 0.4) is 0 Å². The molecule has 1 aliphatic carbocycles. The van der Waals surface area contributed by atoms with Gasteiger partial charge >= 0.3 is 0 Å². The molecule has 1 amide bonds. The zero-order chi connectivity index (χ0) is 14.6. The van der Waals surface area contributed by atoms with E-state index in [1.54, 1.807) is 23.7 Å². The highest BCUT2D eigenvalue weighted by Gasteiger charge is 2.33. The molecule has 0 heterocycles. The van der Waals surface area contributed by atoms with Crippen LogP contribution in [0.2, 0.25) is 0 Å². The van der Waals surface area contributed by atoms with E-state index in [4.69, 9.17) is 0 Å². The van der Waals surface area contributed by atoms with Gasteiger partial charge in [-0.25, -0.2) is 0 Å². The average molecular weight is 293 g/mol. The number of nitrogens with zero attached hydrogens (tertiary/aromatic N) is 1. The fourth-order valence-electron chi connectivity index (χ4n) is 2.61. The molecule has 1 aromatic rings. The van der Waals surface area contributed by atoms with E-state index in [2.05, 4.69) is 19.1 Å². The molecule has 0 radical (unpaired) electrons. The Bertz CT molecular complexity index is 452. The molecule has 20 heavy (non-hydrogen) atoms. The van der Waals surface area contributed by atoms with Gasteiger partial charge in [-0.15, -0.1) is 11.8 Å². The zero-order valence-electron chi connectivity index (χ0n) is 12.3.